The molecule has 1 atom stereocenters. The van der Waals surface area contributed by atoms with Crippen molar-refractivity contribution in [3.05, 3.63) is 56.7 Å². The summed E-state index contributed by atoms with van der Waals surface area (Å²) in [6.07, 6.45) is 3.93. The summed E-state index contributed by atoms with van der Waals surface area (Å²) in [6, 6.07) is 4.28. The van der Waals surface area contributed by atoms with Crippen molar-refractivity contribution in [1.29, 1.82) is 0 Å². The van der Waals surface area contributed by atoms with Crippen LogP contribution in [0.4, 0.5) is 11.5 Å². The van der Waals surface area contributed by atoms with Gasteiger partial charge in [0.15, 0.2) is 5.82 Å². The zero-order valence-corrected chi connectivity index (χ0v) is 16.6. The van der Waals surface area contributed by atoms with E-state index in [2.05, 4.69) is 42.8 Å². The Hall–Kier alpha value is -2.18. The molecule has 3 heterocycles. The fourth-order valence-corrected chi connectivity index (χ4v) is 4.89. The minimum Gasteiger partial charge on any atom is -0.324 e. The third kappa shape index (κ3) is 2.73. The molecule has 4 rings (SSSR count). The number of nitrogens with zero attached hydrogens (tertiary/aromatic N) is 4. The van der Waals surface area contributed by atoms with Gasteiger partial charge < -0.3 is 10.6 Å². The molecule has 3 aromatic rings. The predicted molar refractivity (Wildman–Crippen MR) is 107 cm³/mol. The second-order valence-electron chi connectivity index (χ2n) is 7.16. The van der Waals surface area contributed by atoms with Crippen LogP contribution in [0.15, 0.2) is 23.7 Å². The molecule has 0 fully saturated rings. The van der Waals surface area contributed by atoms with Crippen molar-refractivity contribution < 1.29 is 0 Å². The van der Waals surface area contributed by atoms with Crippen LogP contribution in [-0.4, -0.2) is 21.3 Å². The molecule has 0 saturated carbocycles. The maximum atomic E-state index is 6.56. The first kappa shape index (κ1) is 17.2. The number of benzene rings is 1. The maximum absolute atomic E-state index is 6.56. The van der Waals surface area contributed by atoms with Crippen LogP contribution < -0.4 is 10.6 Å². The van der Waals surface area contributed by atoms with E-state index in [9.17, 15) is 0 Å². The van der Waals surface area contributed by atoms with E-state index in [4.69, 9.17) is 10.8 Å². The lowest BCUT2D eigenvalue weighted by Crippen LogP contribution is -2.26. The SMILES string of the molecule is Cc1cc(C)c(N2CCCc3c2nn(C)c3C(N)c2nccs2)c(C)c1. The molecule has 0 radical (unpaired) electrons. The van der Waals surface area contributed by atoms with Gasteiger partial charge >= 0.3 is 0 Å². The molecule has 1 unspecified atom stereocenters. The zero-order chi connectivity index (χ0) is 18.4. The first-order chi connectivity index (χ1) is 12.5. The van der Waals surface area contributed by atoms with Crippen molar-refractivity contribution in [1.82, 2.24) is 14.8 Å². The minimum absolute atomic E-state index is 0.226. The smallest absolute Gasteiger partial charge is 0.158 e. The lowest BCUT2D eigenvalue weighted by atomic mass is 9.98. The fraction of sp³-hybridized carbons (Fsp3) is 0.400. The summed E-state index contributed by atoms with van der Waals surface area (Å²) in [5, 5.41) is 7.80. The normalized spacial score (nSPS) is 15.2. The Balaban J connectivity index is 1.83. The summed E-state index contributed by atoms with van der Waals surface area (Å²) >= 11 is 1.60. The average Bonchev–Trinajstić information content (AvgIpc) is 3.21. The number of anilines is 2. The third-order valence-corrected chi connectivity index (χ3v) is 6.01. The molecule has 0 aliphatic carbocycles. The minimum atomic E-state index is -0.226. The van der Waals surface area contributed by atoms with E-state index >= 15 is 0 Å². The Kier molecular flexibility index (Phi) is 4.32. The first-order valence-corrected chi connectivity index (χ1v) is 9.91. The highest BCUT2D eigenvalue weighted by Crippen LogP contribution is 2.40. The van der Waals surface area contributed by atoms with Gasteiger partial charge in [0.25, 0.3) is 0 Å². The molecule has 0 amide bonds. The molecule has 2 aromatic heterocycles. The second-order valence-corrected chi connectivity index (χ2v) is 8.09. The number of fused-ring (bicyclic) bond motifs is 1. The molecule has 6 heteroatoms. The van der Waals surface area contributed by atoms with Gasteiger partial charge in [-0.1, -0.05) is 17.7 Å². The summed E-state index contributed by atoms with van der Waals surface area (Å²) in [7, 11) is 1.99. The van der Waals surface area contributed by atoms with E-state index in [0.29, 0.717) is 0 Å². The number of aromatic nitrogens is 3. The van der Waals surface area contributed by atoms with Gasteiger partial charge in [-0.3, -0.25) is 4.68 Å². The van der Waals surface area contributed by atoms with Gasteiger partial charge in [-0.15, -0.1) is 11.3 Å². The molecule has 0 spiro atoms. The average molecular weight is 368 g/mol. The van der Waals surface area contributed by atoms with Crippen molar-refractivity contribution >= 4 is 22.8 Å². The zero-order valence-electron chi connectivity index (χ0n) is 15.8. The van der Waals surface area contributed by atoms with E-state index in [1.807, 2.05) is 23.3 Å². The first-order valence-electron chi connectivity index (χ1n) is 9.03. The number of aryl methyl sites for hydroxylation is 4. The molecule has 136 valence electrons. The highest BCUT2D eigenvalue weighted by molar-refractivity contribution is 7.09. The van der Waals surface area contributed by atoms with Crippen molar-refractivity contribution in [3.63, 3.8) is 0 Å². The van der Waals surface area contributed by atoms with Gasteiger partial charge in [0.1, 0.15) is 5.01 Å². The molecule has 0 bridgehead atoms. The summed E-state index contributed by atoms with van der Waals surface area (Å²) in [5.41, 5.74) is 14.1. The lowest BCUT2D eigenvalue weighted by molar-refractivity contribution is 0.667. The third-order valence-electron chi connectivity index (χ3n) is 5.15. The predicted octanol–water partition coefficient (Wildman–Crippen LogP) is 3.93. The fourth-order valence-electron chi connectivity index (χ4n) is 4.25. The van der Waals surface area contributed by atoms with E-state index in [-0.39, 0.29) is 6.04 Å². The van der Waals surface area contributed by atoms with Crippen molar-refractivity contribution in [2.45, 2.75) is 39.7 Å². The van der Waals surface area contributed by atoms with Crippen LogP contribution in [-0.2, 0) is 13.5 Å². The van der Waals surface area contributed by atoms with Gasteiger partial charge in [0.2, 0.25) is 0 Å². The molecule has 5 nitrogen and oxygen atoms in total. The Morgan fingerprint density at radius 3 is 2.58 bits per heavy atom. The molecular weight excluding hydrogens is 342 g/mol. The molecule has 0 saturated heterocycles. The standard InChI is InChI=1S/C20H25N5S/c1-12-10-13(2)17(14(3)11-12)25-8-5-6-15-18(24(4)23-19(15)25)16(21)20-22-7-9-26-20/h7,9-11,16H,5-6,8,21H2,1-4H3. The Morgan fingerprint density at radius 2 is 1.92 bits per heavy atom. The van der Waals surface area contributed by atoms with Crippen LogP contribution in [0, 0.1) is 20.8 Å². The number of rotatable bonds is 3. The van der Waals surface area contributed by atoms with E-state index in [1.54, 1.807) is 11.3 Å². The van der Waals surface area contributed by atoms with E-state index < -0.39 is 0 Å². The van der Waals surface area contributed by atoms with Crippen LogP contribution >= 0.6 is 11.3 Å². The second kappa shape index (κ2) is 6.52. The van der Waals surface area contributed by atoms with Gasteiger partial charge in [-0.05, 0) is 44.7 Å². The summed E-state index contributed by atoms with van der Waals surface area (Å²) in [4.78, 5) is 6.79. The van der Waals surface area contributed by atoms with Crippen molar-refractivity contribution in [3.8, 4) is 0 Å². The van der Waals surface area contributed by atoms with Gasteiger partial charge in [0, 0.05) is 36.4 Å². The Bertz CT molecular complexity index is 919. The highest BCUT2D eigenvalue weighted by atomic mass is 32.1. The number of hydrogen-bond acceptors (Lipinski definition) is 5. The molecule has 1 aliphatic heterocycles. The summed E-state index contributed by atoms with van der Waals surface area (Å²) in [5.74, 6) is 1.05. The monoisotopic (exact) mass is 367 g/mol. The maximum Gasteiger partial charge on any atom is 0.158 e. The lowest BCUT2D eigenvalue weighted by Gasteiger charge is -2.31. The van der Waals surface area contributed by atoms with Gasteiger partial charge in [-0.2, -0.15) is 5.10 Å². The van der Waals surface area contributed by atoms with Gasteiger partial charge in [-0.25, -0.2) is 4.98 Å². The molecular formula is C20H25N5S. The number of thiazole rings is 1. The summed E-state index contributed by atoms with van der Waals surface area (Å²) < 4.78 is 1.95. The van der Waals surface area contributed by atoms with Crippen LogP contribution in [0.25, 0.3) is 0 Å². The van der Waals surface area contributed by atoms with Crippen LogP contribution in [0.2, 0.25) is 0 Å². The molecule has 2 N–H and O–H groups in total. The quantitative estimate of drug-likeness (QED) is 0.762. The Labute approximate surface area is 158 Å². The number of nitrogens with two attached hydrogens (primary N) is 1. The highest BCUT2D eigenvalue weighted by Gasteiger charge is 2.30. The van der Waals surface area contributed by atoms with Crippen LogP contribution in [0.3, 0.4) is 0 Å². The van der Waals surface area contributed by atoms with Crippen molar-refractivity contribution in [2.24, 2.45) is 12.8 Å². The summed E-state index contributed by atoms with van der Waals surface area (Å²) in [6.45, 7) is 7.52. The van der Waals surface area contributed by atoms with Gasteiger partial charge in [0.05, 0.1) is 11.7 Å². The molecule has 1 aliphatic rings. The number of hydrogen-bond donors (Lipinski definition) is 1. The topological polar surface area (TPSA) is 60.0 Å². The molecule has 26 heavy (non-hydrogen) atoms. The van der Waals surface area contributed by atoms with Crippen molar-refractivity contribution in [2.75, 3.05) is 11.4 Å². The van der Waals surface area contributed by atoms with E-state index in [0.717, 1.165) is 35.9 Å². The van der Waals surface area contributed by atoms with Crippen LogP contribution in [0.1, 0.15) is 45.4 Å². The van der Waals surface area contributed by atoms with E-state index in [1.165, 1.54) is 27.9 Å². The van der Waals surface area contributed by atoms with Crippen LogP contribution in [0.5, 0.6) is 0 Å². The molecule has 1 aromatic carbocycles. The largest absolute Gasteiger partial charge is 0.324 e. The Morgan fingerprint density at radius 1 is 1.19 bits per heavy atom.